The molecule has 10 nitrogen and oxygen atoms in total. The average Bonchev–Trinajstić information content (AvgIpc) is 3.21. The summed E-state index contributed by atoms with van der Waals surface area (Å²) in [5, 5.41) is 12.9. The molecule has 160 valence electrons. The standard InChI is InChI=1S/C20H18ClN5O5/c21-14-8-6-12(7-9-14)15(23-19(22)29)10-17(28)30-11-16(27)24-20-26-25-18(31-20)13-4-2-1-3-5-13/h1-9,15H,10-11H2,(H3,22,23,29)(H,24,26,27). The van der Waals surface area contributed by atoms with Crippen molar-refractivity contribution < 1.29 is 23.5 Å². The van der Waals surface area contributed by atoms with Crippen LogP contribution in [-0.4, -0.2) is 34.7 Å². The molecule has 0 fully saturated rings. The van der Waals surface area contributed by atoms with Gasteiger partial charge in [-0.15, -0.1) is 5.10 Å². The van der Waals surface area contributed by atoms with Crippen LogP contribution in [0.1, 0.15) is 18.0 Å². The van der Waals surface area contributed by atoms with Crippen LogP contribution in [0, 0.1) is 0 Å². The number of hydrogen-bond donors (Lipinski definition) is 3. The maximum atomic E-state index is 12.1. The number of rotatable bonds is 8. The molecule has 0 spiro atoms. The molecule has 0 saturated heterocycles. The normalized spacial score (nSPS) is 11.4. The Morgan fingerprint density at radius 1 is 1.06 bits per heavy atom. The molecule has 0 bridgehead atoms. The summed E-state index contributed by atoms with van der Waals surface area (Å²) in [6.45, 7) is -0.578. The molecule has 0 saturated carbocycles. The van der Waals surface area contributed by atoms with E-state index >= 15 is 0 Å². The maximum absolute atomic E-state index is 12.1. The fourth-order valence-electron chi connectivity index (χ4n) is 2.62. The highest BCUT2D eigenvalue weighted by atomic mass is 35.5. The van der Waals surface area contributed by atoms with Crippen LogP contribution in [0.25, 0.3) is 11.5 Å². The molecule has 2 aromatic carbocycles. The molecular formula is C20H18ClN5O5. The Bertz CT molecular complexity index is 1060. The van der Waals surface area contributed by atoms with Gasteiger partial charge >= 0.3 is 18.0 Å². The van der Waals surface area contributed by atoms with Crippen LogP contribution < -0.4 is 16.4 Å². The quantitative estimate of drug-likeness (QED) is 0.453. The van der Waals surface area contributed by atoms with Gasteiger partial charge in [0.15, 0.2) is 6.61 Å². The van der Waals surface area contributed by atoms with E-state index in [1.165, 1.54) is 0 Å². The number of benzene rings is 2. The predicted octanol–water partition coefficient (Wildman–Crippen LogP) is 2.67. The molecule has 3 rings (SSSR count). The summed E-state index contributed by atoms with van der Waals surface area (Å²) < 4.78 is 10.3. The largest absolute Gasteiger partial charge is 0.455 e. The van der Waals surface area contributed by atoms with Gasteiger partial charge in [-0.1, -0.05) is 47.0 Å². The van der Waals surface area contributed by atoms with Gasteiger partial charge < -0.3 is 20.2 Å². The van der Waals surface area contributed by atoms with E-state index in [2.05, 4.69) is 20.8 Å². The number of nitrogens with two attached hydrogens (primary N) is 1. The van der Waals surface area contributed by atoms with Gasteiger partial charge in [0.25, 0.3) is 5.91 Å². The lowest BCUT2D eigenvalue weighted by atomic mass is 10.0. The van der Waals surface area contributed by atoms with Crippen LogP contribution >= 0.6 is 11.6 Å². The second-order valence-corrected chi connectivity index (χ2v) is 6.74. The molecule has 3 aromatic rings. The minimum atomic E-state index is -0.809. The van der Waals surface area contributed by atoms with Crippen molar-refractivity contribution in [3.63, 3.8) is 0 Å². The molecule has 0 aliphatic rings. The number of nitrogens with zero attached hydrogens (tertiary/aromatic N) is 2. The number of primary amides is 1. The van der Waals surface area contributed by atoms with E-state index in [4.69, 9.17) is 26.5 Å². The summed E-state index contributed by atoms with van der Waals surface area (Å²) in [4.78, 5) is 35.4. The zero-order valence-corrected chi connectivity index (χ0v) is 16.8. The molecule has 0 aliphatic carbocycles. The van der Waals surface area contributed by atoms with Crippen LogP contribution in [0.2, 0.25) is 5.02 Å². The van der Waals surface area contributed by atoms with E-state index in [9.17, 15) is 14.4 Å². The molecule has 3 amide bonds. The van der Waals surface area contributed by atoms with Gasteiger partial charge in [0, 0.05) is 10.6 Å². The molecule has 31 heavy (non-hydrogen) atoms. The number of halogens is 1. The van der Waals surface area contributed by atoms with Gasteiger partial charge in [-0.2, -0.15) is 0 Å². The number of anilines is 1. The van der Waals surface area contributed by atoms with Crippen molar-refractivity contribution in [3.05, 3.63) is 65.2 Å². The van der Waals surface area contributed by atoms with Crippen molar-refractivity contribution in [2.75, 3.05) is 11.9 Å². The van der Waals surface area contributed by atoms with Gasteiger partial charge in [0.1, 0.15) is 0 Å². The SMILES string of the molecule is NC(=O)NC(CC(=O)OCC(=O)Nc1nnc(-c2ccccc2)o1)c1ccc(Cl)cc1. The van der Waals surface area contributed by atoms with Gasteiger partial charge in [-0.25, -0.2) is 4.79 Å². The Morgan fingerprint density at radius 2 is 1.77 bits per heavy atom. The van der Waals surface area contributed by atoms with Gasteiger partial charge in [0.05, 0.1) is 12.5 Å². The van der Waals surface area contributed by atoms with Crippen molar-refractivity contribution in [2.45, 2.75) is 12.5 Å². The summed E-state index contributed by atoms with van der Waals surface area (Å²) in [7, 11) is 0. The van der Waals surface area contributed by atoms with Crippen molar-refractivity contribution in [1.82, 2.24) is 15.5 Å². The minimum Gasteiger partial charge on any atom is -0.455 e. The topological polar surface area (TPSA) is 149 Å². The lowest BCUT2D eigenvalue weighted by Crippen LogP contribution is -2.35. The van der Waals surface area contributed by atoms with Gasteiger partial charge in [0.2, 0.25) is 5.89 Å². The van der Waals surface area contributed by atoms with Crippen molar-refractivity contribution in [1.29, 1.82) is 0 Å². The zero-order valence-electron chi connectivity index (χ0n) is 16.1. The molecule has 1 heterocycles. The Morgan fingerprint density at radius 3 is 2.45 bits per heavy atom. The summed E-state index contributed by atoms with van der Waals surface area (Å²) in [5.41, 5.74) is 6.47. The first-order chi connectivity index (χ1) is 14.9. The molecule has 4 N–H and O–H groups in total. The smallest absolute Gasteiger partial charge is 0.322 e. The predicted molar refractivity (Wildman–Crippen MR) is 111 cm³/mol. The monoisotopic (exact) mass is 443 g/mol. The number of hydrogen-bond acceptors (Lipinski definition) is 7. The molecule has 0 radical (unpaired) electrons. The number of esters is 1. The number of nitrogens with one attached hydrogen (secondary N) is 2. The third-order valence-electron chi connectivity index (χ3n) is 4.02. The van der Waals surface area contributed by atoms with Crippen molar-refractivity contribution >= 4 is 35.5 Å². The van der Waals surface area contributed by atoms with E-state index < -0.39 is 30.6 Å². The first-order valence-electron chi connectivity index (χ1n) is 9.06. The fourth-order valence-corrected chi connectivity index (χ4v) is 2.74. The van der Waals surface area contributed by atoms with Crippen LogP contribution in [0.4, 0.5) is 10.8 Å². The first kappa shape index (κ1) is 21.8. The Kier molecular flexibility index (Phi) is 7.17. The molecule has 0 aliphatic heterocycles. The highest BCUT2D eigenvalue weighted by Crippen LogP contribution is 2.21. The number of carbonyl (C=O) groups is 3. The van der Waals surface area contributed by atoms with Crippen molar-refractivity contribution in [3.8, 4) is 11.5 Å². The van der Waals surface area contributed by atoms with Crippen LogP contribution in [0.3, 0.4) is 0 Å². The highest BCUT2D eigenvalue weighted by molar-refractivity contribution is 6.30. The van der Waals surface area contributed by atoms with Gasteiger partial charge in [-0.05, 0) is 29.8 Å². The molecule has 1 atom stereocenters. The second kappa shape index (κ2) is 10.2. The summed E-state index contributed by atoms with van der Waals surface area (Å²) in [6.07, 6.45) is -0.240. The van der Waals surface area contributed by atoms with Crippen LogP contribution in [0.5, 0.6) is 0 Å². The number of carbonyl (C=O) groups excluding carboxylic acids is 3. The number of amides is 3. The van der Waals surface area contributed by atoms with Crippen LogP contribution in [-0.2, 0) is 14.3 Å². The molecule has 11 heteroatoms. The summed E-state index contributed by atoms with van der Waals surface area (Å²) >= 11 is 5.85. The van der Waals surface area contributed by atoms with Crippen molar-refractivity contribution in [2.24, 2.45) is 5.73 Å². The third kappa shape index (κ3) is 6.54. The van der Waals surface area contributed by atoms with E-state index in [1.54, 1.807) is 36.4 Å². The van der Waals surface area contributed by atoms with E-state index in [-0.39, 0.29) is 18.3 Å². The zero-order chi connectivity index (χ0) is 22.2. The number of urea groups is 1. The number of aromatic nitrogens is 2. The lowest BCUT2D eigenvalue weighted by molar-refractivity contribution is -0.147. The molecule has 1 aromatic heterocycles. The lowest BCUT2D eigenvalue weighted by Gasteiger charge is -2.17. The summed E-state index contributed by atoms with van der Waals surface area (Å²) in [5.74, 6) is -1.15. The Hall–Kier alpha value is -3.92. The Labute approximate surface area is 181 Å². The fraction of sp³-hybridized carbons (Fsp3) is 0.150. The van der Waals surface area contributed by atoms with E-state index in [0.29, 0.717) is 16.1 Å². The molecule has 1 unspecified atom stereocenters. The van der Waals surface area contributed by atoms with E-state index in [0.717, 1.165) is 0 Å². The van der Waals surface area contributed by atoms with Crippen LogP contribution in [0.15, 0.2) is 59.0 Å². The first-order valence-corrected chi connectivity index (χ1v) is 9.44. The van der Waals surface area contributed by atoms with Gasteiger partial charge in [-0.3, -0.25) is 14.9 Å². The van der Waals surface area contributed by atoms with E-state index in [1.807, 2.05) is 18.2 Å². The maximum Gasteiger partial charge on any atom is 0.322 e. The second-order valence-electron chi connectivity index (χ2n) is 6.30. The highest BCUT2D eigenvalue weighted by Gasteiger charge is 2.20. The molecular weight excluding hydrogens is 426 g/mol. The average molecular weight is 444 g/mol. The third-order valence-corrected chi connectivity index (χ3v) is 4.27. The minimum absolute atomic E-state index is 0.130. The summed E-state index contributed by atoms with van der Waals surface area (Å²) in [6, 6.07) is 13.8. The Balaban J connectivity index is 1.52. The number of ether oxygens (including phenoxy) is 1.